The van der Waals surface area contributed by atoms with Gasteiger partial charge in [0, 0.05) is 7.11 Å². The van der Waals surface area contributed by atoms with Gasteiger partial charge in [-0.3, -0.25) is 0 Å². The smallest absolute Gasteiger partial charge is 0.390 e. The maximum atomic E-state index is 11.4. The predicted molar refractivity (Wildman–Crippen MR) is 28.6 cm³/mol. The predicted octanol–water partition coefficient (Wildman–Crippen LogP) is 0.946. The van der Waals surface area contributed by atoms with Gasteiger partial charge in [-0.25, -0.2) is 0 Å². The normalized spacial score (nSPS) is 15.3. The van der Waals surface area contributed by atoms with Gasteiger partial charge in [0.2, 0.25) is 0 Å². The van der Waals surface area contributed by atoms with Crippen LogP contribution < -0.4 is 0 Å². The van der Waals surface area contributed by atoms with E-state index in [9.17, 15) is 13.2 Å². The molecule has 1 N–H and O–H groups in total. The maximum Gasteiger partial charge on any atom is 0.391 e. The van der Waals surface area contributed by atoms with Crippen molar-refractivity contribution in [1.29, 1.82) is 0 Å². The molecule has 1 atom stereocenters. The number of alkyl halides is 3. The third kappa shape index (κ3) is 5.84. The summed E-state index contributed by atoms with van der Waals surface area (Å²) in [7, 11) is 1.24. The minimum atomic E-state index is -4.31. The van der Waals surface area contributed by atoms with E-state index in [0.717, 1.165) is 0 Å². The van der Waals surface area contributed by atoms with Crippen molar-refractivity contribution in [2.45, 2.75) is 18.7 Å². The Morgan fingerprint density at radius 2 is 2.00 bits per heavy atom. The summed E-state index contributed by atoms with van der Waals surface area (Å²) < 4.78 is 38.5. The number of methoxy groups -OCH3 is 1. The van der Waals surface area contributed by atoms with Crippen molar-refractivity contribution < 1.29 is 23.0 Å². The summed E-state index contributed by atoms with van der Waals surface area (Å²) in [5.74, 6) is 0. The van der Waals surface area contributed by atoms with E-state index in [1.54, 1.807) is 0 Å². The van der Waals surface area contributed by atoms with Gasteiger partial charge in [-0.05, 0) is 0 Å². The first-order valence-electron chi connectivity index (χ1n) is 2.69. The quantitative estimate of drug-likeness (QED) is 0.662. The first kappa shape index (κ1) is 9.71. The Kier molecular flexibility index (Phi) is 3.67. The van der Waals surface area contributed by atoms with Crippen molar-refractivity contribution in [2.75, 3.05) is 13.7 Å². The second-order valence-electron chi connectivity index (χ2n) is 1.93. The van der Waals surface area contributed by atoms with Crippen molar-refractivity contribution in [2.24, 2.45) is 0 Å². The Hall–Kier alpha value is -0.290. The van der Waals surface area contributed by atoms with Gasteiger partial charge in [-0.2, -0.15) is 13.2 Å². The highest BCUT2D eigenvalue weighted by Crippen LogP contribution is 2.21. The van der Waals surface area contributed by atoms with E-state index in [0.29, 0.717) is 0 Å². The highest BCUT2D eigenvalue weighted by atomic mass is 19.4. The van der Waals surface area contributed by atoms with E-state index >= 15 is 0 Å². The first-order chi connectivity index (χ1) is 4.45. The Bertz CT molecular complexity index is 91.4. The highest BCUT2D eigenvalue weighted by molar-refractivity contribution is 4.59. The van der Waals surface area contributed by atoms with Crippen LogP contribution in [-0.4, -0.2) is 31.1 Å². The van der Waals surface area contributed by atoms with Crippen LogP contribution in [0, 0.1) is 0 Å². The van der Waals surface area contributed by atoms with E-state index in [1.807, 2.05) is 0 Å². The Balaban J connectivity index is 3.47. The van der Waals surface area contributed by atoms with E-state index in [4.69, 9.17) is 5.11 Å². The number of hydrogen-bond donors (Lipinski definition) is 1. The summed E-state index contributed by atoms with van der Waals surface area (Å²) in [4.78, 5) is 0. The van der Waals surface area contributed by atoms with Gasteiger partial charge in [0.1, 0.15) is 0 Å². The molecule has 0 aliphatic rings. The number of ether oxygens (including phenoxy) is 1. The number of aliphatic hydroxyl groups excluding tert-OH is 1. The zero-order valence-electron chi connectivity index (χ0n) is 5.48. The zero-order valence-corrected chi connectivity index (χ0v) is 5.48. The lowest BCUT2D eigenvalue weighted by Gasteiger charge is -2.11. The average molecular weight is 158 g/mol. The van der Waals surface area contributed by atoms with E-state index < -0.39 is 18.7 Å². The maximum absolute atomic E-state index is 11.4. The molecule has 2 nitrogen and oxygen atoms in total. The van der Waals surface area contributed by atoms with Gasteiger partial charge in [-0.15, -0.1) is 0 Å². The Labute approximate surface area is 56.6 Å². The van der Waals surface area contributed by atoms with E-state index in [2.05, 4.69) is 4.74 Å². The highest BCUT2D eigenvalue weighted by Gasteiger charge is 2.30. The second kappa shape index (κ2) is 3.78. The number of halogens is 3. The molecule has 0 aromatic heterocycles. The van der Waals surface area contributed by atoms with Crippen LogP contribution in [0.5, 0.6) is 0 Å². The van der Waals surface area contributed by atoms with Gasteiger partial charge >= 0.3 is 6.18 Å². The fourth-order valence-electron chi connectivity index (χ4n) is 0.518. The van der Waals surface area contributed by atoms with Crippen LogP contribution in [0.1, 0.15) is 6.42 Å². The molecule has 0 saturated heterocycles. The molecule has 0 fully saturated rings. The Morgan fingerprint density at radius 3 is 2.30 bits per heavy atom. The zero-order chi connectivity index (χ0) is 8.20. The molecule has 0 rings (SSSR count). The molecule has 0 spiro atoms. The summed E-state index contributed by atoms with van der Waals surface area (Å²) >= 11 is 0. The monoisotopic (exact) mass is 158 g/mol. The van der Waals surface area contributed by atoms with Gasteiger partial charge in [0.05, 0.1) is 19.1 Å². The lowest BCUT2D eigenvalue weighted by molar-refractivity contribution is -0.158. The molecule has 0 aliphatic heterocycles. The average Bonchev–Trinajstić information content (AvgIpc) is 1.59. The number of hydrogen-bond acceptors (Lipinski definition) is 2. The molecule has 0 aliphatic carbocycles. The lowest BCUT2D eigenvalue weighted by Crippen LogP contribution is -2.23. The third-order valence-electron chi connectivity index (χ3n) is 0.826. The molecule has 10 heavy (non-hydrogen) atoms. The fraction of sp³-hybridized carbons (Fsp3) is 1.00. The van der Waals surface area contributed by atoms with Crippen LogP contribution in [0.15, 0.2) is 0 Å². The topological polar surface area (TPSA) is 29.5 Å². The molecular weight excluding hydrogens is 149 g/mol. The fourth-order valence-corrected chi connectivity index (χ4v) is 0.518. The van der Waals surface area contributed by atoms with Crippen molar-refractivity contribution >= 4 is 0 Å². The summed E-state index contributed by atoms with van der Waals surface area (Å²) in [5, 5.41) is 8.54. The van der Waals surface area contributed by atoms with Crippen molar-refractivity contribution in [3.63, 3.8) is 0 Å². The van der Waals surface area contributed by atoms with Crippen LogP contribution in [0.3, 0.4) is 0 Å². The van der Waals surface area contributed by atoms with Crippen molar-refractivity contribution in [3.05, 3.63) is 0 Å². The van der Waals surface area contributed by atoms with Gasteiger partial charge < -0.3 is 9.84 Å². The van der Waals surface area contributed by atoms with Crippen molar-refractivity contribution in [3.8, 4) is 0 Å². The SMILES string of the molecule is COC[C@@H](O)CC(F)(F)F. The van der Waals surface area contributed by atoms with Gasteiger partial charge in [0.15, 0.2) is 0 Å². The summed E-state index contributed by atoms with van der Waals surface area (Å²) in [5.41, 5.74) is 0. The molecule has 0 radical (unpaired) electrons. The molecular formula is C5H9F3O2. The second-order valence-corrected chi connectivity index (χ2v) is 1.93. The van der Waals surface area contributed by atoms with E-state index in [-0.39, 0.29) is 6.61 Å². The van der Waals surface area contributed by atoms with Crippen LogP contribution in [0.2, 0.25) is 0 Å². The number of aliphatic hydroxyl groups is 1. The largest absolute Gasteiger partial charge is 0.391 e. The molecule has 0 saturated carbocycles. The van der Waals surface area contributed by atoms with Gasteiger partial charge in [0.25, 0.3) is 0 Å². The molecule has 0 bridgehead atoms. The minimum absolute atomic E-state index is 0.278. The van der Waals surface area contributed by atoms with Crippen molar-refractivity contribution in [1.82, 2.24) is 0 Å². The molecule has 0 heterocycles. The molecule has 0 aromatic rings. The van der Waals surface area contributed by atoms with Crippen LogP contribution in [0.25, 0.3) is 0 Å². The molecule has 5 heteroatoms. The minimum Gasteiger partial charge on any atom is -0.390 e. The first-order valence-corrected chi connectivity index (χ1v) is 2.69. The van der Waals surface area contributed by atoms with Gasteiger partial charge in [-0.1, -0.05) is 0 Å². The summed E-state index contributed by atoms with van der Waals surface area (Å²) in [6.45, 7) is -0.278. The third-order valence-corrected chi connectivity index (χ3v) is 0.826. The van der Waals surface area contributed by atoms with Crippen LogP contribution >= 0.6 is 0 Å². The summed E-state index contributed by atoms with van der Waals surface area (Å²) in [6, 6.07) is 0. The van der Waals surface area contributed by atoms with Crippen LogP contribution in [-0.2, 0) is 4.74 Å². The van der Waals surface area contributed by atoms with E-state index in [1.165, 1.54) is 7.11 Å². The molecule has 0 unspecified atom stereocenters. The Morgan fingerprint density at radius 1 is 1.50 bits per heavy atom. The summed E-state index contributed by atoms with van der Waals surface area (Å²) in [6.07, 6.45) is -6.95. The standard InChI is InChI=1S/C5H9F3O2/c1-10-3-4(9)2-5(6,7)8/h4,9H,2-3H2,1H3/t4-/m0/s1. The molecule has 0 amide bonds. The molecule has 62 valence electrons. The molecule has 0 aromatic carbocycles. The number of rotatable bonds is 3. The van der Waals surface area contributed by atoms with Crippen LogP contribution in [0.4, 0.5) is 13.2 Å². The lowest BCUT2D eigenvalue weighted by atomic mass is 10.3.